The average Bonchev–Trinajstić information content (AvgIpc) is 2.57. The summed E-state index contributed by atoms with van der Waals surface area (Å²) < 4.78 is 3.03. The van der Waals surface area contributed by atoms with Crippen molar-refractivity contribution in [1.82, 2.24) is 9.78 Å². The van der Waals surface area contributed by atoms with Crippen LogP contribution in [0.3, 0.4) is 0 Å². The molecular weight excluding hydrogens is 278 g/mol. The van der Waals surface area contributed by atoms with Crippen molar-refractivity contribution in [2.45, 2.75) is 13.5 Å². The summed E-state index contributed by atoms with van der Waals surface area (Å²) in [6, 6.07) is 10.3. The molecule has 0 N–H and O–H groups in total. The predicted molar refractivity (Wildman–Crippen MR) is 74.2 cm³/mol. The van der Waals surface area contributed by atoms with Crippen molar-refractivity contribution < 1.29 is 0 Å². The van der Waals surface area contributed by atoms with E-state index in [0.717, 1.165) is 16.7 Å². The third-order valence-electron chi connectivity index (χ3n) is 2.85. The highest BCUT2D eigenvalue weighted by molar-refractivity contribution is 9.10. The van der Waals surface area contributed by atoms with Crippen LogP contribution in [0, 0.1) is 6.92 Å². The van der Waals surface area contributed by atoms with E-state index in [1.54, 1.807) is 0 Å². The molecule has 0 radical (unpaired) electrons. The Balaban J connectivity index is 2.22. The van der Waals surface area contributed by atoms with Gasteiger partial charge in [0.15, 0.2) is 0 Å². The highest BCUT2D eigenvalue weighted by atomic mass is 79.9. The molecule has 90 valence electrons. The number of aryl methyl sites for hydroxylation is 2. The van der Waals surface area contributed by atoms with Crippen LogP contribution in [0.25, 0.3) is 0 Å². The van der Waals surface area contributed by atoms with Crippen LogP contribution in [0.1, 0.15) is 11.4 Å². The molecular formula is C13H16BrN3. The van der Waals surface area contributed by atoms with Gasteiger partial charge in [0.05, 0.1) is 22.4 Å². The molecule has 0 fully saturated rings. The SMILES string of the molecule is Cc1nn(C)c(CN(C)c2ccccc2)c1Br. The summed E-state index contributed by atoms with van der Waals surface area (Å²) in [4.78, 5) is 2.21. The van der Waals surface area contributed by atoms with Crippen molar-refractivity contribution in [1.29, 1.82) is 0 Å². The number of rotatable bonds is 3. The maximum absolute atomic E-state index is 4.40. The fraction of sp³-hybridized carbons (Fsp3) is 0.308. The zero-order valence-corrected chi connectivity index (χ0v) is 11.9. The Morgan fingerprint density at radius 3 is 2.47 bits per heavy atom. The molecule has 0 saturated carbocycles. The molecule has 0 bridgehead atoms. The number of halogens is 1. The quantitative estimate of drug-likeness (QED) is 0.867. The number of anilines is 1. The van der Waals surface area contributed by atoms with E-state index in [9.17, 15) is 0 Å². The minimum Gasteiger partial charge on any atom is -0.369 e. The Bertz CT molecular complexity index is 505. The van der Waals surface area contributed by atoms with Gasteiger partial charge in [-0.15, -0.1) is 0 Å². The number of aromatic nitrogens is 2. The molecule has 0 aliphatic rings. The van der Waals surface area contributed by atoms with Gasteiger partial charge < -0.3 is 4.90 Å². The van der Waals surface area contributed by atoms with Gasteiger partial charge in [-0.1, -0.05) is 18.2 Å². The second-order valence-corrected chi connectivity index (χ2v) is 4.95. The van der Waals surface area contributed by atoms with Gasteiger partial charge in [-0.3, -0.25) is 4.68 Å². The normalized spacial score (nSPS) is 10.6. The lowest BCUT2D eigenvalue weighted by Crippen LogP contribution is -2.18. The number of hydrogen-bond donors (Lipinski definition) is 0. The molecule has 2 rings (SSSR count). The highest BCUT2D eigenvalue weighted by Crippen LogP contribution is 2.23. The van der Waals surface area contributed by atoms with E-state index in [2.05, 4.69) is 57.2 Å². The maximum atomic E-state index is 4.40. The van der Waals surface area contributed by atoms with Crippen molar-refractivity contribution in [2.24, 2.45) is 7.05 Å². The van der Waals surface area contributed by atoms with E-state index in [1.807, 2.05) is 24.7 Å². The van der Waals surface area contributed by atoms with Crippen LogP contribution in [0.5, 0.6) is 0 Å². The molecule has 1 aromatic heterocycles. The molecule has 0 aliphatic heterocycles. The average molecular weight is 294 g/mol. The number of benzene rings is 1. The second kappa shape index (κ2) is 4.92. The lowest BCUT2D eigenvalue weighted by Gasteiger charge is -2.19. The van der Waals surface area contributed by atoms with Crippen LogP contribution in [0.2, 0.25) is 0 Å². The molecule has 3 nitrogen and oxygen atoms in total. The molecule has 1 aromatic carbocycles. The number of hydrogen-bond acceptors (Lipinski definition) is 2. The minimum atomic E-state index is 0.835. The lowest BCUT2D eigenvalue weighted by atomic mass is 10.3. The molecule has 0 amide bonds. The van der Waals surface area contributed by atoms with Crippen LogP contribution in [-0.4, -0.2) is 16.8 Å². The van der Waals surface area contributed by atoms with E-state index in [-0.39, 0.29) is 0 Å². The largest absolute Gasteiger partial charge is 0.369 e. The van der Waals surface area contributed by atoms with Gasteiger partial charge in [-0.05, 0) is 35.0 Å². The standard InChI is InChI=1S/C13H16BrN3/c1-10-13(14)12(17(3)15-10)9-16(2)11-7-5-4-6-8-11/h4-8H,9H2,1-3H3. The van der Waals surface area contributed by atoms with Gasteiger partial charge in [-0.25, -0.2) is 0 Å². The molecule has 17 heavy (non-hydrogen) atoms. The Kier molecular flexibility index (Phi) is 3.52. The summed E-state index contributed by atoms with van der Waals surface area (Å²) in [7, 11) is 4.07. The molecule has 0 atom stereocenters. The summed E-state index contributed by atoms with van der Waals surface area (Å²) in [6.07, 6.45) is 0. The van der Waals surface area contributed by atoms with Gasteiger partial charge in [0.25, 0.3) is 0 Å². The van der Waals surface area contributed by atoms with Crippen LogP contribution >= 0.6 is 15.9 Å². The number of nitrogens with zero attached hydrogens (tertiary/aromatic N) is 3. The van der Waals surface area contributed by atoms with Crippen LogP contribution in [-0.2, 0) is 13.6 Å². The summed E-state index contributed by atoms with van der Waals surface area (Å²) in [5.74, 6) is 0. The van der Waals surface area contributed by atoms with Gasteiger partial charge in [0, 0.05) is 19.8 Å². The van der Waals surface area contributed by atoms with Gasteiger partial charge in [-0.2, -0.15) is 5.10 Å². The minimum absolute atomic E-state index is 0.835. The van der Waals surface area contributed by atoms with E-state index in [1.165, 1.54) is 11.4 Å². The number of para-hydroxylation sites is 1. The van der Waals surface area contributed by atoms with E-state index in [4.69, 9.17) is 0 Å². The van der Waals surface area contributed by atoms with E-state index in [0.29, 0.717) is 0 Å². The topological polar surface area (TPSA) is 21.1 Å². The van der Waals surface area contributed by atoms with Crippen LogP contribution in [0.4, 0.5) is 5.69 Å². The second-order valence-electron chi connectivity index (χ2n) is 4.16. The molecule has 1 heterocycles. The highest BCUT2D eigenvalue weighted by Gasteiger charge is 2.12. The Morgan fingerprint density at radius 1 is 1.29 bits per heavy atom. The van der Waals surface area contributed by atoms with E-state index >= 15 is 0 Å². The first-order chi connectivity index (χ1) is 8.09. The first kappa shape index (κ1) is 12.2. The van der Waals surface area contributed by atoms with Crippen molar-refractivity contribution in [3.8, 4) is 0 Å². The Morgan fingerprint density at radius 2 is 1.94 bits per heavy atom. The van der Waals surface area contributed by atoms with Crippen LogP contribution in [0.15, 0.2) is 34.8 Å². The van der Waals surface area contributed by atoms with Crippen molar-refractivity contribution in [3.05, 3.63) is 46.2 Å². The summed E-state index contributed by atoms with van der Waals surface area (Å²) in [5.41, 5.74) is 3.43. The molecule has 0 unspecified atom stereocenters. The summed E-state index contributed by atoms with van der Waals surface area (Å²) in [6.45, 7) is 2.85. The third-order valence-corrected chi connectivity index (χ3v) is 3.88. The first-order valence-corrected chi connectivity index (χ1v) is 6.33. The van der Waals surface area contributed by atoms with Crippen molar-refractivity contribution in [3.63, 3.8) is 0 Å². The summed E-state index contributed by atoms with van der Waals surface area (Å²) >= 11 is 3.59. The monoisotopic (exact) mass is 293 g/mol. The third kappa shape index (κ3) is 2.52. The molecule has 4 heteroatoms. The smallest absolute Gasteiger partial charge is 0.0739 e. The van der Waals surface area contributed by atoms with Gasteiger partial charge in [0.2, 0.25) is 0 Å². The van der Waals surface area contributed by atoms with E-state index < -0.39 is 0 Å². The molecule has 2 aromatic rings. The van der Waals surface area contributed by atoms with Gasteiger partial charge >= 0.3 is 0 Å². The fourth-order valence-electron chi connectivity index (χ4n) is 1.85. The first-order valence-electron chi connectivity index (χ1n) is 5.53. The molecule has 0 spiro atoms. The fourth-order valence-corrected chi connectivity index (χ4v) is 2.31. The lowest BCUT2D eigenvalue weighted by molar-refractivity contribution is 0.693. The summed E-state index contributed by atoms with van der Waals surface area (Å²) in [5, 5.41) is 4.40. The van der Waals surface area contributed by atoms with Crippen molar-refractivity contribution in [2.75, 3.05) is 11.9 Å². The van der Waals surface area contributed by atoms with Gasteiger partial charge in [0.1, 0.15) is 0 Å². The Labute approximate surface area is 110 Å². The van der Waals surface area contributed by atoms with Crippen molar-refractivity contribution >= 4 is 21.6 Å². The molecule has 0 aliphatic carbocycles. The predicted octanol–water partition coefficient (Wildman–Crippen LogP) is 3.13. The molecule has 0 saturated heterocycles. The zero-order valence-electron chi connectivity index (χ0n) is 10.3. The maximum Gasteiger partial charge on any atom is 0.0739 e. The Hall–Kier alpha value is -1.29. The van der Waals surface area contributed by atoms with Crippen LogP contribution < -0.4 is 4.90 Å². The zero-order chi connectivity index (χ0) is 12.4.